The van der Waals surface area contributed by atoms with E-state index in [-0.39, 0.29) is 11.4 Å². The lowest BCUT2D eigenvalue weighted by atomic mass is 10.3. The SMILES string of the molecule is CCCNc1nn(-c2ccccc2Cl)c(N)c1C(=O)OC. The van der Waals surface area contributed by atoms with Crippen LogP contribution in [0.5, 0.6) is 0 Å². The molecule has 0 aliphatic heterocycles. The maximum Gasteiger partial charge on any atom is 0.345 e. The van der Waals surface area contributed by atoms with Gasteiger partial charge in [0.1, 0.15) is 11.4 Å². The van der Waals surface area contributed by atoms with Crippen molar-refractivity contribution < 1.29 is 9.53 Å². The van der Waals surface area contributed by atoms with Crippen molar-refractivity contribution in [2.45, 2.75) is 13.3 Å². The largest absolute Gasteiger partial charge is 0.465 e. The Hall–Kier alpha value is -2.21. The second kappa shape index (κ2) is 6.49. The number of methoxy groups -OCH3 is 1. The number of esters is 1. The summed E-state index contributed by atoms with van der Waals surface area (Å²) in [6.45, 7) is 2.68. The van der Waals surface area contributed by atoms with Crippen LogP contribution >= 0.6 is 11.6 Å². The molecule has 21 heavy (non-hydrogen) atoms. The van der Waals surface area contributed by atoms with E-state index >= 15 is 0 Å². The number of hydrogen-bond donors (Lipinski definition) is 2. The van der Waals surface area contributed by atoms with Crippen LogP contribution in [0.4, 0.5) is 11.6 Å². The van der Waals surface area contributed by atoms with Crippen molar-refractivity contribution in [3.05, 3.63) is 34.9 Å². The number of nitrogens with zero attached hydrogens (tertiary/aromatic N) is 2. The van der Waals surface area contributed by atoms with Gasteiger partial charge in [-0.15, -0.1) is 5.10 Å². The highest BCUT2D eigenvalue weighted by atomic mass is 35.5. The Morgan fingerprint density at radius 1 is 1.48 bits per heavy atom. The zero-order valence-electron chi connectivity index (χ0n) is 11.9. The lowest BCUT2D eigenvalue weighted by Crippen LogP contribution is -2.09. The summed E-state index contributed by atoms with van der Waals surface area (Å²) < 4.78 is 6.21. The maximum absolute atomic E-state index is 11.9. The molecule has 0 fully saturated rings. The second-order valence-corrected chi connectivity index (χ2v) is 4.80. The average Bonchev–Trinajstić information content (AvgIpc) is 2.81. The molecule has 2 rings (SSSR count). The fourth-order valence-corrected chi connectivity index (χ4v) is 2.12. The van der Waals surface area contributed by atoms with Gasteiger partial charge in [-0.05, 0) is 18.6 Å². The van der Waals surface area contributed by atoms with Gasteiger partial charge in [0.05, 0.1) is 17.8 Å². The molecule has 3 N–H and O–H groups in total. The summed E-state index contributed by atoms with van der Waals surface area (Å²) in [6.07, 6.45) is 0.888. The van der Waals surface area contributed by atoms with Crippen LogP contribution in [-0.4, -0.2) is 29.4 Å². The minimum Gasteiger partial charge on any atom is -0.465 e. The first-order chi connectivity index (χ1) is 10.1. The summed E-state index contributed by atoms with van der Waals surface area (Å²) in [6, 6.07) is 7.13. The number of nitrogens with one attached hydrogen (secondary N) is 1. The molecule has 1 aromatic carbocycles. The zero-order valence-corrected chi connectivity index (χ0v) is 12.6. The lowest BCUT2D eigenvalue weighted by Gasteiger charge is -2.05. The van der Waals surface area contributed by atoms with Gasteiger partial charge in [0, 0.05) is 6.54 Å². The average molecular weight is 309 g/mol. The van der Waals surface area contributed by atoms with Crippen molar-refractivity contribution >= 4 is 29.2 Å². The van der Waals surface area contributed by atoms with Gasteiger partial charge in [0.2, 0.25) is 0 Å². The normalized spacial score (nSPS) is 10.4. The number of benzene rings is 1. The van der Waals surface area contributed by atoms with Crippen LogP contribution in [0.3, 0.4) is 0 Å². The molecule has 0 aliphatic rings. The third-order valence-corrected chi connectivity index (χ3v) is 3.25. The topological polar surface area (TPSA) is 82.2 Å². The summed E-state index contributed by atoms with van der Waals surface area (Å²) in [7, 11) is 1.30. The Bertz CT molecular complexity index is 654. The number of carbonyl (C=O) groups is 1. The highest BCUT2D eigenvalue weighted by Gasteiger charge is 2.24. The minimum atomic E-state index is -0.538. The molecule has 1 aromatic heterocycles. The van der Waals surface area contributed by atoms with Gasteiger partial charge in [-0.1, -0.05) is 30.7 Å². The molecule has 2 aromatic rings. The van der Waals surface area contributed by atoms with E-state index in [9.17, 15) is 4.79 Å². The van der Waals surface area contributed by atoms with E-state index in [2.05, 4.69) is 10.4 Å². The van der Waals surface area contributed by atoms with Gasteiger partial charge in [-0.3, -0.25) is 0 Å². The number of anilines is 2. The number of aromatic nitrogens is 2. The van der Waals surface area contributed by atoms with Gasteiger partial charge in [-0.2, -0.15) is 0 Å². The molecule has 0 saturated heterocycles. The number of halogens is 1. The van der Waals surface area contributed by atoms with Crippen molar-refractivity contribution in [1.82, 2.24) is 9.78 Å². The second-order valence-electron chi connectivity index (χ2n) is 4.39. The third kappa shape index (κ3) is 2.95. The van der Waals surface area contributed by atoms with Crippen LogP contribution < -0.4 is 11.1 Å². The summed E-state index contributed by atoms with van der Waals surface area (Å²) in [4.78, 5) is 11.9. The molecule has 7 heteroatoms. The number of hydrogen-bond acceptors (Lipinski definition) is 5. The molecular weight excluding hydrogens is 292 g/mol. The highest BCUT2D eigenvalue weighted by molar-refractivity contribution is 6.32. The fourth-order valence-electron chi connectivity index (χ4n) is 1.91. The standard InChI is InChI=1S/C14H17ClN4O2/c1-3-8-17-13-11(14(20)21-2)12(16)19(18-13)10-7-5-4-6-9(10)15/h4-7H,3,8,16H2,1-2H3,(H,17,18). The van der Waals surface area contributed by atoms with E-state index in [0.29, 0.717) is 23.1 Å². The smallest absolute Gasteiger partial charge is 0.345 e. The first kappa shape index (κ1) is 15.2. The van der Waals surface area contributed by atoms with E-state index in [1.165, 1.54) is 11.8 Å². The maximum atomic E-state index is 11.9. The number of ether oxygens (including phenoxy) is 1. The predicted molar refractivity (Wildman–Crippen MR) is 83.1 cm³/mol. The summed E-state index contributed by atoms with van der Waals surface area (Å²) in [5.41, 5.74) is 6.87. The summed E-state index contributed by atoms with van der Waals surface area (Å²) in [5.74, 6) is 0.0408. The Balaban J connectivity index is 2.55. The Morgan fingerprint density at radius 2 is 2.19 bits per heavy atom. The molecule has 112 valence electrons. The quantitative estimate of drug-likeness (QED) is 0.830. The van der Waals surface area contributed by atoms with E-state index in [0.717, 1.165) is 6.42 Å². The summed E-state index contributed by atoms with van der Waals surface area (Å²) in [5, 5.41) is 7.91. The monoisotopic (exact) mass is 308 g/mol. The highest BCUT2D eigenvalue weighted by Crippen LogP contribution is 2.28. The molecule has 0 atom stereocenters. The Morgan fingerprint density at radius 3 is 2.81 bits per heavy atom. The van der Waals surface area contributed by atoms with Gasteiger partial charge in [0.25, 0.3) is 0 Å². The molecule has 0 bridgehead atoms. The van der Waals surface area contributed by atoms with Crippen molar-refractivity contribution in [1.29, 1.82) is 0 Å². The van der Waals surface area contributed by atoms with Crippen molar-refractivity contribution in [3.63, 3.8) is 0 Å². The first-order valence-electron chi connectivity index (χ1n) is 6.55. The van der Waals surface area contributed by atoms with E-state index in [1.807, 2.05) is 19.1 Å². The molecule has 0 unspecified atom stereocenters. The van der Waals surface area contributed by atoms with Crippen LogP contribution in [0, 0.1) is 0 Å². The summed E-state index contributed by atoms with van der Waals surface area (Å²) >= 11 is 6.16. The van der Waals surface area contributed by atoms with Gasteiger partial charge < -0.3 is 15.8 Å². The van der Waals surface area contributed by atoms with E-state index < -0.39 is 5.97 Å². The number of carbonyl (C=O) groups excluding carboxylic acids is 1. The van der Waals surface area contributed by atoms with E-state index in [4.69, 9.17) is 22.1 Å². The predicted octanol–water partition coefficient (Wildman–Crippen LogP) is 2.72. The van der Waals surface area contributed by atoms with Gasteiger partial charge in [0.15, 0.2) is 5.82 Å². The van der Waals surface area contributed by atoms with Crippen LogP contribution in [0.1, 0.15) is 23.7 Å². The molecule has 0 saturated carbocycles. The Labute approximate surface area is 127 Å². The fraction of sp³-hybridized carbons (Fsp3) is 0.286. The molecule has 0 spiro atoms. The van der Waals surface area contributed by atoms with Crippen LogP contribution in [-0.2, 0) is 4.74 Å². The molecule has 0 aliphatic carbocycles. The number of para-hydroxylation sites is 1. The molecular formula is C14H17ClN4O2. The zero-order chi connectivity index (χ0) is 15.4. The Kier molecular flexibility index (Phi) is 4.70. The van der Waals surface area contributed by atoms with E-state index in [1.54, 1.807) is 12.1 Å². The number of nitrogens with two attached hydrogens (primary N) is 1. The molecule has 0 amide bonds. The first-order valence-corrected chi connectivity index (χ1v) is 6.93. The lowest BCUT2D eigenvalue weighted by molar-refractivity contribution is 0.0603. The third-order valence-electron chi connectivity index (χ3n) is 2.93. The van der Waals surface area contributed by atoms with Gasteiger partial charge >= 0.3 is 5.97 Å². The molecule has 6 nitrogen and oxygen atoms in total. The molecule has 1 heterocycles. The van der Waals surface area contributed by atoms with Gasteiger partial charge in [-0.25, -0.2) is 9.48 Å². The number of nitrogen functional groups attached to an aromatic ring is 1. The van der Waals surface area contributed by atoms with Crippen molar-refractivity contribution in [2.75, 3.05) is 24.7 Å². The van der Waals surface area contributed by atoms with Crippen LogP contribution in [0.15, 0.2) is 24.3 Å². The minimum absolute atomic E-state index is 0.188. The number of rotatable bonds is 5. The molecule has 0 radical (unpaired) electrons. The van der Waals surface area contributed by atoms with Crippen LogP contribution in [0.2, 0.25) is 5.02 Å². The van der Waals surface area contributed by atoms with Crippen molar-refractivity contribution in [2.24, 2.45) is 0 Å². The van der Waals surface area contributed by atoms with Crippen molar-refractivity contribution in [3.8, 4) is 5.69 Å². The van der Waals surface area contributed by atoms with Crippen LogP contribution in [0.25, 0.3) is 5.69 Å².